The molecule has 2 amide bonds. The van der Waals surface area contributed by atoms with E-state index in [2.05, 4.69) is 10.3 Å². The molecule has 0 bridgehead atoms. The number of hydrogen-bond donors (Lipinski definition) is 1. The second-order valence-corrected chi connectivity index (χ2v) is 6.22. The minimum absolute atomic E-state index is 0.0971. The highest BCUT2D eigenvalue weighted by Gasteiger charge is 2.15. The molecule has 0 aliphatic carbocycles. The van der Waals surface area contributed by atoms with Crippen LogP contribution in [0, 0.1) is 6.92 Å². The van der Waals surface area contributed by atoms with E-state index in [1.54, 1.807) is 32.3 Å². The number of carbonyl (C=O) groups is 2. The van der Waals surface area contributed by atoms with Crippen LogP contribution < -0.4 is 5.32 Å². The Morgan fingerprint density at radius 2 is 2.00 bits per heavy atom. The number of hydrogen-bond acceptors (Lipinski definition) is 4. The fraction of sp³-hybridized carbons (Fsp3) is 0.250. The van der Waals surface area contributed by atoms with Crippen LogP contribution in [0.1, 0.15) is 22.3 Å². The van der Waals surface area contributed by atoms with E-state index in [0.29, 0.717) is 23.6 Å². The first-order chi connectivity index (χ1) is 12.5. The van der Waals surface area contributed by atoms with Gasteiger partial charge >= 0.3 is 0 Å². The maximum absolute atomic E-state index is 12.6. The summed E-state index contributed by atoms with van der Waals surface area (Å²) >= 11 is 0. The number of nitrogens with zero attached hydrogens (tertiary/aromatic N) is 2. The number of amides is 2. The molecule has 0 saturated carbocycles. The lowest BCUT2D eigenvalue weighted by molar-refractivity contribution is -0.120. The third kappa shape index (κ3) is 3.74. The van der Waals surface area contributed by atoms with E-state index in [4.69, 9.17) is 4.42 Å². The summed E-state index contributed by atoms with van der Waals surface area (Å²) in [5.74, 6) is 0.233. The van der Waals surface area contributed by atoms with Crippen LogP contribution in [0.2, 0.25) is 0 Å². The van der Waals surface area contributed by atoms with Gasteiger partial charge in [-0.05, 0) is 42.8 Å². The second-order valence-electron chi connectivity index (χ2n) is 6.22. The van der Waals surface area contributed by atoms with Gasteiger partial charge in [-0.3, -0.25) is 9.59 Å². The summed E-state index contributed by atoms with van der Waals surface area (Å²) in [5, 5.41) is 2.55. The van der Waals surface area contributed by atoms with Crippen molar-refractivity contribution in [3.63, 3.8) is 0 Å². The molecule has 0 aliphatic rings. The highest BCUT2D eigenvalue weighted by molar-refractivity contribution is 5.95. The van der Waals surface area contributed by atoms with E-state index in [1.165, 1.54) is 4.90 Å². The van der Waals surface area contributed by atoms with Gasteiger partial charge in [0.1, 0.15) is 5.52 Å². The van der Waals surface area contributed by atoms with Gasteiger partial charge in [0, 0.05) is 38.2 Å². The van der Waals surface area contributed by atoms with E-state index in [1.807, 2.05) is 31.2 Å². The number of benzene rings is 2. The molecular weight excluding hydrogens is 330 g/mol. The van der Waals surface area contributed by atoms with E-state index in [0.717, 1.165) is 16.6 Å². The average Bonchev–Trinajstić information content (AvgIpc) is 3.08. The van der Waals surface area contributed by atoms with Crippen LogP contribution >= 0.6 is 0 Å². The van der Waals surface area contributed by atoms with Gasteiger partial charge in [-0.1, -0.05) is 12.1 Å². The number of oxazole rings is 1. The Labute approximate surface area is 151 Å². The third-order valence-electron chi connectivity index (χ3n) is 4.20. The van der Waals surface area contributed by atoms with Gasteiger partial charge in [0.25, 0.3) is 5.91 Å². The number of rotatable bonds is 5. The monoisotopic (exact) mass is 351 g/mol. The van der Waals surface area contributed by atoms with Gasteiger partial charge < -0.3 is 14.6 Å². The molecule has 0 unspecified atom stereocenters. The molecule has 0 atom stereocenters. The van der Waals surface area contributed by atoms with Gasteiger partial charge in [-0.2, -0.15) is 0 Å². The van der Waals surface area contributed by atoms with Gasteiger partial charge in [0.05, 0.1) is 0 Å². The Kier molecular flexibility index (Phi) is 5.02. The molecule has 3 aromatic rings. The minimum atomic E-state index is -0.150. The summed E-state index contributed by atoms with van der Waals surface area (Å²) < 4.78 is 5.81. The molecule has 6 heteroatoms. The molecule has 1 N–H and O–H groups in total. The van der Waals surface area contributed by atoms with Crippen LogP contribution in [-0.2, 0) is 4.79 Å². The Bertz CT molecular complexity index is 962. The number of nitrogens with one attached hydrogen (secondary N) is 1. The highest BCUT2D eigenvalue weighted by atomic mass is 16.3. The SMILES string of the molecule is CNC(=O)CCN(C)C(=O)c1cccc(-c2nc3cc(C)ccc3o2)c1. The van der Waals surface area contributed by atoms with Crippen molar-refractivity contribution in [1.29, 1.82) is 0 Å². The maximum atomic E-state index is 12.6. The first kappa shape index (κ1) is 17.7. The topological polar surface area (TPSA) is 75.4 Å². The normalized spacial score (nSPS) is 10.7. The zero-order valence-electron chi connectivity index (χ0n) is 15.1. The molecule has 0 saturated heterocycles. The van der Waals surface area contributed by atoms with Crippen molar-refractivity contribution < 1.29 is 14.0 Å². The summed E-state index contributed by atoms with van der Waals surface area (Å²) in [6.07, 6.45) is 0.267. The third-order valence-corrected chi connectivity index (χ3v) is 4.20. The Hall–Kier alpha value is -3.15. The molecule has 0 radical (unpaired) electrons. The summed E-state index contributed by atoms with van der Waals surface area (Å²) in [7, 11) is 3.26. The van der Waals surface area contributed by atoms with Crippen molar-refractivity contribution in [3.05, 3.63) is 53.6 Å². The molecular formula is C20H21N3O3. The van der Waals surface area contributed by atoms with Crippen LogP contribution in [-0.4, -0.2) is 42.3 Å². The summed E-state index contributed by atoms with van der Waals surface area (Å²) in [6.45, 7) is 2.35. The second kappa shape index (κ2) is 7.39. The van der Waals surface area contributed by atoms with Crippen LogP contribution in [0.15, 0.2) is 46.9 Å². The fourth-order valence-electron chi connectivity index (χ4n) is 2.66. The van der Waals surface area contributed by atoms with E-state index < -0.39 is 0 Å². The lowest BCUT2D eigenvalue weighted by Crippen LogP contribution is -2.31. The molecule has 134 valence electrons. The van der Waals surface area contributed by atoms with Gasteiger partial charge in [0.2, 0.25) is 11.8 Å². The lowest BCUT2D eigenvalue weighted by Gasteiger charge is -2.16. The number of aromatic nitrogens is 1. The molecule has 3 rings (SSSR count). The lowest BCUT2D eigenvalue weighted by atomic mass is 10.1. The molecule has 0 fully saturated rings. The van der Waals surface area contributed by atoms with Crippen molar-refractivity contribution in [2.24, 2.45) is 0 Å². The largest absolute Gasteiger partial charge is 0.436 e. The van der Waals surface area contributed by atoms with Crippen molar-refractivity contribution >= 4 is 22.9 Å². The zero-order chi connectivity index (χ0) is 18.7. The first-order valence-electron chi connectivity index (χ1n) is 8.41. The minimum Gasteiger partial charge on any atom is -0.436 e. The van der Waals surface area contributed by atoms with Crippen LogP contribution in [0.25, 0.3) is 22.6 Å². The quantitative estimate of drug-likeness (QED) is 0.767. The molecule has 0 aliphatic heterocycles. The number of fused-ring (bicyclic) bond motifs is 1. The molecule has 1 aromatic heterocycles. The Morgan fingerprint density at radius 3 is 2.77 bits per heavy atom. The van der Waals surface area contributed by atoms with E-state index in [-0.39, 0.29) is 18.2 Å². The average molecular weight is 351 g/mol. The summed E-state index contributed by atoms with van der Waals surface area (Å²) in [6, 6.07) is 13.0. The fourth-order valence-corrected chi connectivity index (χ4v) is 2.66. The van der Waals surface area contributed by atoms with Crippen molar-refractivity contribution in [3.8, 4) is 11.5 Å². The van der Waals surface area contributed by atoms with Gasteiger partial charge in [-0.25, -0.2) is 4.98 Å². The predicted octanol–water partition coefficient (Wildman–Crippen LogP) is 3.01. The molecule has 6 nitrogen and oxygen atoms in total. The smallest absolute Gasteiger partial charge is 0.253 e. The van der Waals surface area contributed by atoms with E-state index >= 15 is 0 Å². The number of carbonyl (C=O) groups excluding carboxylic acids is 2. The Morgan fingerprint density at radius 1 is 1.19 bits per heavy atom. The molecule has 26 heavy (non-hydrogen) atoms. The van der Waals surface area contributed by atoms with Gasteiger partial charge in [0.15, 0.2) is 5.58 Å². The van der Waals surface area contributed by atoms with Crippen LogP contribution in [0.5, 0.6) is 0 Å². The standard InChI is InChI=1S/C20H21N3O3/c1-13-7-8-17-16(11-13)22-19(26-17)14-5-4-6-15(12-14)20(25)23(3)10-9-18(24)21-2/h4-8,11-12H,9-10H2,1-3H3,(H,21,24). The van der Waals surface area contributed by atoms with Crippen molar-refractivity contribution in [1.82, 2.24) is 15.2 Å². The van der Waals surface area contributed by atoms with Crippen molar-refractivity contribution in [2.75, 3.05) is 20.6 Å². The summed E-state index contributed by atoms with van der Waals surface area (Å²) in [5.41, 5.74) is 3.88. The van der Waals surface area contributed by atoms with Gasteiger partial charge in [-0.15, -0.1) is 0 Å². The molecule has 2 aromatic carbocycles. The zero-order valence-corrected chi connectivity index (χ0v) is 15.1. The molecule has 1 heterocycles. The van der Waals surface area contributed by atoms with Crippen LogP contribution in [0.3, 0.4) is 0 Å². The maximum Gasteiger partial charge on any atom is 0.253 e. The van der Waals surface area contributed by atoms with Crippen molar-refractivity contribution in [2.45, 2.75) is 13.3 Å². The summed E-state index contributed by atoms with van der Waals surface area (Å²) in [4.78, 5) is 30.0. The highest BCUT2D eigenvalue weighted by Crippen LogP contribution is 2.25. The first-order valence-corrected chi connectivity index (χ1v) is 8.41. The molecule has 0 spiro atoms. The predicted molar refractivity (Wildman–Crippen MR) is 99.8 cm³/mol. The number of aryl methyl sites for hydroxylation is 1. The Balaban J connectivity index is 1.82. The van der Waals surface area contributed by atoms with E-state index in [9.17, 15) is 9.59 Å². The van der Waals surface area contributed by atoms with Crippen LogP contribution in [0.4, 0.5) is 0 Å².